The van der Waals surface area contributed by atoms with Gasteiger partial charge in [-0.25, -0.2) is 17.2 Å². The Hall–Kier alpha value is -2.09. The molecule has 1 unspecified atom stereocenters. The minimum atomic E-state index is -3.69. The van der Waals surface area contributed by atoms with Crippen molar-refractivity contribution in [2.24, 2.45) is 0 Å². The number of rotatable bonds is 5. The third kappa shape index (κ3) is 4.89. The van der Waals surface area contributed by atoms with E-state index < -0.39 is 21.5 Å². The summed E-state index contributed by atoms with van der Waals surface area (Å²) in [5.74, 6) is -1.58. The molecule has 7 heteroatoms. The molecule has 0 saturated carbocycles. The van der Waals surface area contributed by atoms with E-state index in [1.807, 2.05) is 24.1 Å². The van der Waals surface area contributed by atoms with Gasteiger partial charge in [-0.1, -0.05) is 30.7 Å². The SMILES string of the molecule is CN1CC(=C(c2cc(F)cc(F)c2)S(C)(=O)=O)C1c1ccc(CN2CCCCC2)cc1. The minimum Gasteiger partial charge on any atom is -0.299 e. The summed E-state index contributed by atoms with van der Waals surface area (Å²) in [6, 6.07) is 10.9. The Kier molecular flexibility index (Phi) is 6.28. The first-order chi connectivity index (χ1) is 14.7. The van der Waals surface area contributed by atoms with Crippen LogP contribution in [0.3, 0.4) is 0 Å². The van der Waals surface area contributed by atoms with Gasteiger partial charge in [0.2, 0.25) is 0 Å². The Morgan fingerprint density at radius 2 is 1.61 bits per heavy atom. The lowest BCUT2D eigenvalue weighted by Gasteiger charge is -2.42. The Labute approximate surface area is 183 Å². The molecule has 0 amide bonds. The summed E-state index contributed by atoms with van der Waals surface area (Å²) < 4.78 is 52.9. The number of hydrogen-bond acceptors (Lipinski definition) is 4. The predicted molar refractivity (Wildman–Crippen MR) is 119 cm³/mol. The average Bonchev–Trinajstić information content (AvgIpc) is 2.68. The van der Waals surface area contributed by atoms with Crippen LogP contribution in [0, 0.1) is 11.6 Å². The molecule has 31 heavy (non-hydrogen) atoms. The molecular formula is C24H28F2N2O2S. The normalized spacial score (nSPS) is 22.3. The van der Waals surface area contributed by atoms with Crippen LogP contribution in [-0.2, 0) is 16.4 Å². The Balaban J connectivity index is 1.66. The van der Waals surface area contributed by atoms with Crippen LogP contribution in [0.5, 0.6) is 0 Å². The average molecular weight is 447 g/mol. The molecule has 2 fully saturated rings. The van der Waals surface area contributed by atoms with Crippen molar-refractivity contribution >= 4 is 14.7 Å². The molecular weight excluding hydrogens is 418 g/mol. The fourth-order valence-corrected chi connectivity index (χ4v) is 5.95. The van der Waals surface area contributed by atoms with Crippen molar-refractivity contribution in [2.75, 3.05) is 32.9 Å². The zero-order chi connectivity index (χ0) is 22.2. The lowest BCUT2D eigenvalue weighted by atomic mass is 9.87. The number of hydrogen-bond donors (Lipinski definition) is 0. The quantitative estimate of drug-likeness (QED) is 0.683. The van der Waals surface area contributed by atoms with Crippen molar-refractivity contribution < 1.29 is 17.2 Å². The third-order valence-corrected chi connectivity index (χ3v) is 7.37. The molecule has 2 aromatic rings. The maximum Gasteiger partial charge on any atom is 0.176 e. The van der Waals surface area contributed by atoms with Crippen LogP contribution in [0.2, 0.25) is 0 Å². The van der Waals surface area contributed by atoms with E-state index in [1.165, 1.54) is 24.8 Å². The van der Waals surface area contributed by atoms with Gasteiger partial charge in [0, 0.05) is 25.4 Å². The maximum atomic E-state index is 13.8. The van der Waals surface area contributed by atoms with Crippen molar-refractivity contribution in [3.8, 4) is 0 Å². The Morgan fingerprint density at radius 1 is 1.00 bits per heavy atom. The Morgan fingerprint density at radius 3 is 2.16 bits per heavy atom. The summed E-state index contributed by atoms with van der Waals surface area (Å²) in [5, 5.41) is 0. The summed E-state index contributed by atoms with van der Waals surface area (Å²) in [6.45, 7) is 3.60. The van der Waals surface area contributed by atoms with Crippen LogP contribution in [0.4, 0.5) is 8.78 Å². The minimum absolute atomic E-state index is 0.0198. The highest BCUT2D eigenvalue weighted by Crippen LogP contribution is 2.43. The molecule has 2 aliphatic heterocycles. The van der Waals surface area contributed by atoms with Crippen molar-refractivity contribution in [2.45, 2.75) is 31.8 Å². The summed E-state index contributed by atoms with van der Waals surface area (Å²) in [7, 11) is -1.77. The molecule has 2 aliphatic rings. The second-order valence-corrected chi connectivity index (χ2v) is 10.6. The molecule has 2 saturated heterocycles. The van der Waals surface area contributed by atoms with Gasteiger partial charge in [0.15, 0.2) is 9.84 Å². The highest BCUT2D eigenvalue weighted by atomic mass is 32.2. The Bertz CT molecular complexity index is 1070. The van der Waals surface area contributed by atoms with Crippen LogP contribution >= 0.6 is 0 Å². The topological polar surface area (TPSA) is 40.6 Å². The number of piperidine rings is 1. The standard InChI is InChI=1S/C24H28F2N2O2S/c1-27-16-22(24(31(2,29)30)19-12-20(25)14-21(26)13-19)23(27)18-8-6-17(7-9-18)15-28-10-4-3-5-11-28/h6-9,12-14,23H,3-5,10-11,15-16H2,1-2H3. The second kappa shape index (κ2) is 8.81. The van der Waals surface area contributed by atoms with Crippen LogP contribution in [0.25, 0.3) is 4.91 Å². The van der Waals surface area contributed by atoms with Crippen molar-refractivity contribution in [3.63, 3.8) is 0 Å². The molecule has 166 valence electrons. The highest BCUT2D eigenvalue weighted by Gasteiger charge is 2.37. The van der Waals surface area contributed by atoms with Gasteiger partial charge in [0.05, 0.1) is 10.9 Å². The first-order valence-electron chi connectivity index (χ1n) is 10.6. The number of halogens is 2. The smallest absolute Gasteiger partial charge is 0.176 e. The van der Waals surface area contributed by atoms with E-state index >= 15 is 0 Å². The fraction of sp³-hybridized carbons (Fsp3) is 0.417. The van der Waals surface area contributed by atoms with Gasteiger partial charge in [0.1, 0.15) is 11.6 Å². The van der Waals surface area contributed by atoms with Gasteiger partial charge < -0.3 is 0 Å². The van der Waals surface area contributed by atoms with Crippen LogP contribution in [-0.4, -0.2) is 51.2 Å². The van der Waals surface area contributed by atoms with Crippen molar-refractivity contribution in [1.29, 1.82) is 0 Å². The molecule has 0 N–H and O–H groups in total. The van der Waals surface area contributed by atoms with Gasteiger partial charge in [-0.15, -0.1) is 0 Å². The number of nitrogens with zero attached hydrogens (tertiary/aromatic N) is 2. The lowest BCUT2D eigenvalue weighted by Crippen LogP contribution is -2.41. The van der Waals surface area contributed by atoms with E-state index in [0.717, 1.165) is 49.7 Å². The fourth-order valence-electron chi connectivity index (χ4n) is 4.76. The van der Waals surface area contributed by atoms with Crippen LogP contribution < -0.4 is 0 Å². The number of benzene rings is 2. The van der Waals surface area contributed by atoms with Gasteiger partial charge in [-0.3, -0.25) is 9.80 Å². The molecule has 2 heterocycles. The van der Waals surface area contributed by atoms with E-state index in [1.54, 1.807) is 0 Å². The van der Waals surface area contributed by atoms with E-state index in [2.05, 4.69) is 17.0 Å². The lowest BCUT2D eigenvalue weighted by molar-refractivity contribution is 0.211. The predicted octanol–water partition coefficient (Wildman–Crippen LogP) is 4.39. The van der Waals surface area contributed by atoms with E-state index in [9.17, 15) is 17.2 Å². The summed E-state index contributed by atoms with van der Waals surface area (Å²) in [6.07, 6.45) is 4.88. The molecule has 2 aromatic carbocycles. The molecule has 1 atom stereocenters. The molecule has 4 rings (SSSR count). The molecule has 4 nitrogen and oxygen atoms in total. The first kappa shape index (κ1) is 22.1. The molecule has 0 spiro atoms. The molecule has 0 aromatic heterocycles. The van der Waals surface area contributed by atoms with E-state index in [-0.39, 0.29) is 16.5 Å². The zero-order valence-electron chi connectivity index (χ0n) is 17.9. The highest BCUT2D eigenvalue weighted by molar-refractivity contribution is 8.00. The summed E-state index contributed by atoms with van der Waals surface area (Å²) >= 11 is 0. The van der Waals surface area contributed by atoms with E-state index in [0.29, 0.717) is 12.1 Å². The number of likely N-dealkylation sites (tertiary alicyclic amines) is 2. The largest absolute Gasteiger partial charge is 0.299 e. The van der Waals surface area contributed by atoms with Crippen LogP contribution in [0.1, 0.15) is 42.0 Å². The maximum absolute atomic E-state index is 13.8. The monoisotopic (exact) mass is 446 g/mol. The first-order valence-corrected chi connectivity index (χ1v) is 12.5. The van der Waals surface area contributed by atoms with Gasteiger partial charge in [-0.05, 0) is 67.4 Å². The van der Waals surface area contributed by atoms with E-state index in [4.69, 9.17) is 0 Å². The zero-order valence-corrected chi connectivity index (χ0v) is 18.8. The number of likely N-dealkylation sites (N-methyl/N-ethyl adjacent to an activating group) is 1. The summed E-state index contributed by atoms with van der Waals surface area (Å²) in [5.41, 5.74) is 2.94. The van der Waals surface area contributed by atoms with Gasteiger partial charge in [-0.2, -0.15) is 0 Å². The van der Waals surface area contributed by atoms with Crippen molar-refractivity contribution in [1.82, 2.24) is 9.80 Å². The van der Waals surface area contributed by atoms with Crippen molar-refractivity contribution in [3.05, 3.63) is 76.4 Å². The summed E-state index contributed by atoms with van der Waals surface area (Å²) in [4.78, 5) is 4.52. The van der Waals surface area contributed by atoms with Gasteiger partial charge in [0.25, 0.3) is 0 Å². The molecule has 0 aliphatic carbocycles. The number of sulfone groups is 1. The molecule has 0 radical (unpaired) electrons. The molecule has 0 bridgehead atoms. The second-order valence-electron chi connectivity index (χ2n) is 8.68. The van der Waals surface area contributed by atoms with Crippen LogP contribution in [0.15, 0.2) is 48.0 Å². The third-order valence-electron chi connectivity index (χ3n) is 6.13. The van der Waals surface area contributed by atoms with Gasteiger partial charge >= 0.3 is 0 Å².